The Morgan fingerprint density at radius 1 is 1.30 bits per heavy atom. The molecule has 1 amide bonds. The van der Waals surface area contributed by atoms with Gasteiger partial charge in [0.05, 0.1) is 11.5 Å². The minimum atomic E-state index is -3.53. The van der Waals surface area contributed by atoms with Gasteiger partial charge in [-0.2, -0.15) is 4.31 Å². The first kappa shape index (κ1) is 17.9. The molecule has 1 heterocycles. The number of carbonyl (C=O) groups excluding carboxylic acids is 1. The number of piperidine rings is 1. The van der Waals surface area contributed by atoms with E-state index in [1.165, 1.54) is 10.4 Å². The summed E-state index contributed by atoms with van der Waals surface area (Å²) < 4.78 is 31.8. The highest BCUT2D eigenvalue weighted by atomic mass is 32.2. The second-order valence-electron chi connectivity index (χ2n) is 5.82. The Hall–Kier alpha value is -1.44. The summed E-state index contributed by atoms with van der Waals surface area (Å²) in [7, 11) is -1.96. The van der Waals surface area contributed by atoms with Gasteiger partial charge in [-0.1, -0.05) is 12.5 Å². The van der Waals surface area contributed by atoms with Crippen molar-refractivity contribution in [2.45, 2.75) is 37.1 Å². The van der Waals surface area contributed by atoms with Crippen LogP contribution in [0, 0.1) is 0 Å². The smallest absolute Gasteiger partial charge is 0.251 e. The highest BCUT2D eigenvalue weighted by Gasteiger charge is 2.26. The maximum Gasteiger partial charge on any atom is 0.251 e. The van der Waals surface area contributed by atoms with Crippen LogP contribution in [0.15, 0.2) is 29.2 Å². The highest BCUT2D eigenvalue weighted by Crippen LogP contribution is 2.21. The van der Waals surface area contributed by atoms with Gasteiger partial charge >= 0.3 is 0 Å². The largest absolute Gasteiger partial charge is 0.383 e. The number of benzene rings is 1. The number of hydrogen-bond acceptors (Lipinski definition) is 4. The third kappa shape index (κ3) is 4.53. The second kappa shape index (κ2) is 7.90. The van der Waals surface area contributed by atoms with E-state index >= 15 is 0 Å². The van der Waals surface area contributed by atoms with Crippen LogP contribution in [-0.2, 0) is 14.8 Å². The maximum atomic E-state index is 12.7. The Bertz CT molecular complexity index is 639. The van der Waals surface area contributed by atoms with E-state index in [0.29, 0.717) is 25.3 Å². The van der Waals surface area contributed by atoms with Crippen molar-refractivity contribution in [3.05, 3.63) is 29.8 Å². The molecule has 1 N–H and O–H groups in total. The zero-order valence-corrected chi connectivity index (χ0v) is 14.4. The molecular weight excluding hydrogens is 316 g/mol. The number of carbonyl (C=O) groups is 1. The SMILES string of the molecule is COCC(C)NC(=O)c1cccc(S(=O)(=O)N2CCCCC2)c1. The summed E-state index contributed by atoms with van der Waals surface area (Å²) in [5.41, 5.74) is 0.339. The van der Waals surface area contributed by atoms with Crippen LogP contribution < -0.4 is 5.32 Å². The zero-order valence-electron chi connectivity index (χ0n) is 13.6. The van der Waals surface area contributed by atoms with E-state index in [1.807, 2.05) is 6.92 Å². The van der Waals surface area contributed by atoms with Crippen molar-refractivity contribution in [2.75, 3.05) is 26.8 Å². The normalized spacial score (nSPS) is 17.7. The topological polar surface area (TPSA) is 75.7 Å². The predicted octanol–water partition coefficient (Wildman–Crippen LogP) is 1.63. The van der Waals surface area contributed by atoms with Crippen molar-refractivity contribution < 1.29 is 17.9 Å². The lowest BCUT2D eigenvalue weighted by Gasteiger charge is -2.26. The molecule has 0 aliphatic carbocycles. The van der Waals surface area contributed by atoms with Crippen molar-refractivity contribution >= 4 is 15.9 Å². The van der Waals surface area contributed by atoms with E-state index in [0.717, 1.165) is 19.3 Å². The predicted molar refractivity (Wildman–Crippen MR) is 87.9 cm³/mol. The lowest BCUT2D eigenvalue weighted by Crippen LogP contribution is -2.36. The number of hydrogen-bond donors (Lipinski definition) is 1. The van der Waals surface area contributed by atoms with Gasteiger partial charge in [-0.25, -0.2) is 8.42 Å². The first-order valence-electron chi connectivity index (χ1n) is 7.85. The monoisotopic (exact) mass is 340 g/mol. The minimum absolute atomic E-state index is 0.144. The van der Waals surface area contributed by atoms with Gasteiger partial charge in [-0.15, -0.1) is 0 Å². The van der Waals surface area contributed by atoms with Crippen molar-refractivity contribution in [3.8, 4) is 0 Å². The summed E-state index contributed by atoms with van der Waals surface area (Å²) in [5.74, 6) is -0.301. The molecule has 0 spiro atoms. The number of nitrogens with zero attached hydrogens (tertiary/aromatic N) is 1. The number of amides is 1. The van der Waals surface area contributed by atoms with Gasteiger partial charge in [0.2, 0.25) is 10.0 Å². The minimum Gasteiger partial charge on any atom is -0.383 e. The third-order valence-corrected chi connectivity index (χ3v) is 5.74. The fourth-order valence-corrected chi connectivity index (χ4v) is 4.21. The van der Waals surface area contributed by atoms with Crippen molar-refractivity contribution in [1.29, 1.82) is 0 Å². The van der Waals surface area contributed by atoms with Gasteiger partial charge in [0.1, 0.15) is 0 Å². The number of methoxy groups -OCH3 is 1. The van der Waals surface area contributed by atoms with Crippen molar-refractivity contribution in [1.82, 2.24) is 9.62 Å². The van der Waals surface area contributed by atoms with E-state index in [-0.39, 0.29) is 16.8 Å². The maximum absolute atomic E-state index is 12.7. The molecule has 1 aromatic rings. The molecule has 128 valence electrons. The molecule has 2 rings (SSSR count). The third-order valence-electron chi connectivity index (χ3n) is 3.84. The van der Waals surface area contributed by atoms with E-state index in [4.69, 9.17) is 4.74 Å². The Labute approximate surface area is 137 Å². The summed E-state index contributed by atoms with van der Waals surface area (Å²) in [6, 6.07) is 6.06. The molecule has 23 heavy (non-hydrogen) atoms. The molecule has 1 fully saturated rings. The van der Waals surface area contributed by atoms with Gasteiger partial charge in [-0.05, 0) is 38.0 Å². The average Bonchev–Trinajstić information content (AvgIpc) is 2.56. The van der Waals surface area contributed by atoms with Crippen molar-refractivity contribution in [3.63, 3.8) is 0 Å². The van der Waals surface area contributed by atoms with Gasteiger partial charge in [0.15, 0.2) is 0 Å². The summed E-state index contributed by atoms with van der Waals surface area (Å²) >= 11 is 0. The molecule has 1 atom stereocenters. The Morgan fingerprint density at radius 3 is 2.65 bits per heavy atom. The van der Waals surface area contributed by atoms with Crippen LogP contribution in [0.1, 0.15) is 36.5 Å². The molecule has 7 heteroatoms. The molecule has 1 aromatic carbocycles. The molecule has 1 saturated heterocycles. The van der Waals surface area contributed by atoms with E-state index < -0.39 is 10.0 Å². The first-order valence-corrected chi connectivity index (χ1v) is 9.29. The second-order valence-corrected chi connectivity index (χ2v) is 7.76. The number of rotatable bonds is 6. The summed E-state index contributed by atoms with van der Waals surface area (Å²) in [5, 5.41) is 2.78. The van der Waals surface area contributed by atoms with Crippen LogP contribution in [0.3, 0.4) is 0 Å². The van der Waals surface area contributed by atoms with Crippen LogP contribution in [0.2, 0.25) is 0 Å². The summed E-state index contributed by atoms with van der Waals surface area (Å²) in [6.45, 7) is 3.32. The lowest BCUT2D eigenvalue weighted by molar-refractivity contribution is 0.0905. The Morgan fingerprint density at radius 2 is 2.00 bits per heavy atom. The average molecular weight is 340 g/mol. The summed E-state index contributed by atoms with van der Waals surface area (Å²) in [6.07, 6.45) is 2.83. The van der Waals surface area contributed by atoms with Gasteiger partial charge in [-0.3, -0.25) is 4.79 Å². The molecule has 0 saturated carbocycles. The summed E-state index contributed by atoms with van der Waals surface area (Å²) in [4.78, 5) is 12.4. The highest BCUT2D eigenvalue weighted by molar-refractivity contribution is 7.89. The molecule has 0 bridgehead atoms. The fraction of sp³-hybridized carbons (Fsp3) is 0.562. The van der Waals surface area contributed by atoms with Gasteiger partial charge in [0, 0.05) is 31.8 Å². The quantitative estimate of drug-likeness (QED) is 0.854. The Balaban J connectivity index is 2.17. The van der Waals surface area contributed by atoms with Crippen LogP contribution >= 0.6 is 0 Å². The molecule has 1 aliphatic heterocycles. The van der Waals surface area contributed by atoms with Crippen molar-refractivity contribution in [2.24, 2.45) is 0 Å². The van der Waals surface area contributed by atoms with Crippen LogP contribution in [0.4, 0.5) is 0 Å². The number of sulfonamides is 1. The van der Waals surface area contributed by atoms with Crippen LogP contribution in [-0.4, -0.2) is 51.5 Å². The number of nitrogens with one attached hydrogen (secondary N) is 1. The molecule has 0 radical (unpaired) electrons. The van der Waals surface area contributed by atoms with Gasteiger partial charge in [0.25, 0.3) is 5.91 Å². The van der Waals surface area contributed by atoms with E-state index in [2.05, 4.69) is 5.32 Å². The van der Waals surface area contributed by atoms with E-state index in [1.54, 1.807) is 25.3 Å². The zero-order chi connectivity index (χ0) is 16.9. The molecule has 1 aliphatic rings. The number of ether oxygens (including phenoxy) is 1. The van der Waals surface area contributed by atoms with Crippen LogP contribution in [0.25, 0.3) is 0 Å². The first-order chi connectivity index (χ1) is 10.9. The standard InChI is InChI=1S/C16H24N2O4S/c1-13(12-22-2)17-16(19)14-7-6-8-15(11-14)23(20,21)18-9-4-3-5-10-18/h6-8,11,13H,3-5,9-10,12H2,1-2H3,(H,17,19). The van der Waals surface area contributed by atoms with E-state index in [9.17, 15) is 13.2 Å². The Kier molecular flexibility index (Phi) is 6.15. The molecule has 1 unspecified atom stereocenters. The van der Waals surface area contributed by atoms with Crippen LogP contribution in [0.5, 0.6) is 0 Å². The lowest BCUT2D eigenvalue weighted by atomic mass is 10.2. The fourth-order valence-electron chi connectivity index (χ4n) is 2.65. The molecular formula is C16H24N2O4S. The molecule has 6 nitrogen and oxygen atoms in total. The van der Waals surface area contributed by atoms with Gasteiger partial charge < -0.3 is 10.1 Å². The molecule has 0 aromatic heterocycles.